The molecule has 1 aromatic rings. The number of halogens is 1. The van der Waals surface area contributed by atoms with E-state index in [1.807, 2.05) is 18.2 Å². The molecule has 0 atom stereocenters. The first-order valence-electron chi connectivity index (χ1n) is 5.46. The molecule has 1 aliphatic carbocycles. The third-order valence-corrected chi connectivity index (χ3v) is 3.21. The van der Waals surface area contributed by atoms with Crippen LogP contribution >= 0.6 is 15.9 Å². The Morgan fingerprint density at radius 3 is 2.88 bits per heavy atom. The molecule has 0 amide bonds. The second kappa shape index (κ2) is 5.66. The summed E-state index contributed by atoms with van der Waals surface area (Å²) in [6, 6.07) is 6.09. The number of benzene rings is 1. The van der Waals surface area contributed by atoms with E-state index >= 15 is 0 Å². The van der Waals surface area contributed by atoms with Crippen LogP contribution in [0.4, 0.5) is 0 Å². The van der Waals surface area contributed by atoms with Gasteiger partial charge in [0.2, 0.25) is 0 Å². The summed E-state index contributed by atoms with van der Waals surface area (Å²) in [4.78, 5) is 4.81. The van der Waals surface area contributed by atoms with Crippen LogP contribution in [-0.4, -0.2) is 13.7 Å². The maximum Gasteiger partial charge on any atom is 0.133 e. The highest BCUT2D eigenvalue weighted by molar-refractivity contribution is 9.10. The third kappa shape index (κ3) is 3.47. The lowest BCUT2D eigenvalue weighted by Crippen LogP contribution is -2.10. The molecule has 0 aromatic heterocycles. The zero-order valence-electron chi connectivity index (χ0n) is 9.33. The van der Waals surface area contributed by atoms with Crippen molar-refractivity contribution in [2.75, 3.05) is 13.7 Å². The SMILES string of the molecule is CONCc1ccc(OCC2CC2)c(Br)c1. The summed E-state index contributed by atoms with van der Waals surface area (Å²) >= 11 is 3.52. The van der Waals surface area contributed by atoms with Gasteiger partial charge < -0.3 is 9.57 Å². The van der Waals surface area contributed by atoms with Crippen LogP contribution in [0.1, 0.15) is 18.4 Å². The van der Waals surface area contributed by atoms with E-state index in [0.717, 1.165) is 28.3 Å². The summed E-state index contributed by atoms with van der Waals surface area (Å²) in [5.74, 6) is 1.70. The van der Waals surface area contributed by atoms with Crippen LogP contribution in [0, 0.1) is 5.92 Å². The molecule has 1 aromatic carbocycles. The number of hydrogen-bond acceptors (Lipinski definition) is 3. The number of hydroxylamine groups is 1. The minimum absolute atomic E-state index is 0.692. The van der Waals surface area contributed by atoms with Gasteiger partial charge in [-0.1, -0.05) is 6.07 Å². The average molecular weight is 286 g/mol. The molecule has 88 valence electrons. The molecule has 4 heteroatoms. The maximum absolute atomic E-state index is 5.72. The lowest BCUT2D eigenvalue weighted by Gasteiger charge is -2.09. The van der Waals surface area contributed by atoms with Gasteiger partial charge >= 0.3 is 0 Å². The fourth-order valence-corrected chi connectivity index (χ4v) is 1.96. The molecule has 0 heterocycles. The number of ether oxygens (including phenoxy) is 1. The van der Waals surface area contributed by atoms with Crippen LogP contribution in [0.25, 0.3) is 0 Å². The van der Waals surface area contributed by atoms with Gasteiger partial charge in [0.1, 0.15) is 5.75 Å². The molecule has 0 spiro atoms. The van der Waals surface area contributed by atoms with Crippen LogP contribution in [0.2, 0.25) is 0 Å². The van der Waals surface area contributed by atoms with E-state index in [1.165, 1.54) is 12.8 Å². The summed E-state index contributed by atoms with van der Waals surface area (Å²) in [6.45, 7) is 1.53. The molecular formula is C12H16BrNO2. The van der Waals surface area contributed by atoms with Crippen LogP contribution in [0.3, 0.4) is 0 Å². The standard InChI is InChI=1S/C12H16BrNO2/c1-15-14-7-10-4-5-12(11(13)6-10)16-8-9-2-3-9/h4-6,9,14H,2-3,7-8H2,1H3. The first-order valence-corrected chi connectivity index (χ1v) is 6.26. The molecule has 1 saturated carbocycles. The van der Waals surface area contributed by atoms with Crippen LogP contribution < -0.4 is 10.2 Å². The molecular weight excluding hydrogens is 270 g/mol. The second-order valence-corrected chi connectivity index (χ2v) is 4.90. The van der Waals surface area contributed by atoms with E-state index in [4.69, 9.17) is 9.57 Å². The lowest BCUT2D eigenvalue weighted by atomic mass is 10.2. The molecule has 16 heavy (non-hydrogen) atoms. The zero-order chi connectivity index (χ0) is 11.4. The maximum atomic E-state index is 5.72. The lowest BCUT2D eigenvalue weighted by molar-refractivity contribution is 0.0867. The molecule has 1 fully saturated rings. The topological polar surface area (TPSA) is 30.5 Å². The van der Waals surface area contributed by atoms with Crippen molar-refractivity contribution in [2.45, 2.75) is 19.4 Å². The van der Waals surface area contributed by atoms with Crippen LogP contribution in [-0.2, 0) is 11.4 Å². The molecule has 2 rings (SSSR count). The molecule has 0 unspecified atom stereocenters. The summed E-state index contributed by atoms with van der Waals surface area (Å²) in [7, 11) is 1.61. The van der Waals surface area contributed by atoms with E-state index in [-0.39, 0.29) is 0 Å². The molecule has 0 radical (unpaired) electrons. The predicted octanol–water partition coefficient (Wildman–Crippen LogP) is 2.89. The van der Waals surface area contributed by atoms with Crippen molar-refractivity contribution in [3.05, 3.63) is 28.2 Å². The highest BCUT2D eigenvalue weighted by Gasteiger charge is 2.22. The van der Waals surface area contributed by atoms with Crippen molar-refractivity contribution >= 4 is 15.9 Å². The van der Waals surface area contributed by atoms with E-state index in [0.29, 0.717) is 6.54 Å². The first kappa shape index (κ1) is 11.9. The van der Waals surface area contributed by atoms with E-state index < -0.39 is 0 Å². The molecule has 0 bridgehead atoms. The highest BCUT2D eigenvalue weighted by Crippen LogP contribution is 2.32. The summed E-state index contributed by atoms with van der Waals surface area (Å²) in [5, 5.41) is 0. The first-order chi connectivity index (χ1) is 7.79. The van der Waals surface area contributed by atoms with Gasteiger partial charge in [0.15, 0.2) is 0 Å². The predicted molar refractivity (Wildman–Crippen MR) is 66.2 cm³/mol. The Balaban J connectivity index is 1.92. The fourth-order valence-electron chi connectivity index (χ4n) is 1.42. The van der Waals surface area contributed by atoms with Crippen molar-refractivity contribution in [2.24, 2.45) is 5.92 Å². The van der Waals surface area contributed by atoms with Gasteiger partial charge in [-0.05, 0) is 52.4 Å². The Morgan fingerprint density at radius 1 is 1.44 bits per heavy atom. The van der Waals surface area contributed by atoms with Crippen molar-refractivity contribution in [3.8, 4) is 5.75 Å². The van der Waals surface area contributed by atoms with Crippen LogP contribution in [0.5, 0.6) is 5.75 Å². The highest BCUT2D eigenvalue weighted by atomic mass is 79.9. The molecule has 1 N–H and O–H groups in total. The Hall–Kier alpha value is -0.580. The van der Waals surface area contributed by atoms with Gasteiger partial charge in [0.25, 0.3) is 0 Å². The van der Waals surface area contributed by atoms with Gasteiger partial charge in [0, 0.05) is 6.54 Å². The van der Waals surface area contributed by atoms with Crippen molar-refractivity contribution in [1.29, 1.82) is 0 Å². The number of nitrogens with one attached hydrogen (secondary N) is 1. The van der Waals surface area contributed by atoms with Gasteiger partial charge in [-0.25, -0.2) is 0 Å². The third-order valence-electron chi connectivity index (χ3n) is 2.59. The molecule has 0 aliphatic heterocycles. The monoisotopic (exact) mass is 285 g/mol. The quantitative estimate of drug-likeness (QED) is 0.816. The van der Waals surface area contributed by atoms with Crippen molar-refractivity contribution in [1.82, 2.24) is 5.48 Å². The normalized spacial score (nSPS) is 15.1. The van der Waals surface area contributed by atoms with Gasteiger partial charge in [-0.3, -0.25) is 0 Å². The molecule has 3 nitrogen and oxygen atoms in total. The van der Waals surface area contributed by atoms with E-state index in [9.17, 15) is 0 Å². The smallest absolute Gasteiger partial charge is 0.133 e. The average Bonchev–Trinajstić information content (AvgIpc) is 3.09. The Kier molecular flexibility index (Phi) is 4.21. The number of hydrogen-bond donors (Lipinski definition) is 1. The van der Waals surface area contributed by atoms with Crippen molar-refractivity contribution in [3.63, 3.8) is 0 Å². The summed E-state index contributed by atoms with van der Waals surface area (Å²) < 4.78 is 6.72. The molecule has 0 saturated heterocycles. The van der Waals surface area contributed by atoms with Gasteiger partial charge in [-0.15, -0.1) is 0 Å². The Morgan fingerprint density at radius 2 is 2.25 bits per heavy atom. The van der Waals surface area contributed by atoms with E-state index in [2.05, 4.69) is 21.4 Å². The summed E-state index contributed by atoms with van der Waals surface area (Å²) in [5.41, 5.74) is 3.97. The minimum atomic E-state index is 0.692. The van der Waals surface area contributed by atoms with Gasteiger partial charge in [0.05, 0.1) is 18.2 Å². The largest absolute Gasteiger partial charge is 0.492 e. The van der Waals surface area contributed by atoms with Gasteiger partial charge in [-0.2, -0.15) is 5.48 Å². The summed E-state index contributed by atoms with van der Waals surface area (Å²) in [6.07, 6.45) is 2.63. The Bertz CT molecular complexity index is 353. The number of rotatable bonds is 6. The van der Waals surface area contributed by atoms with E-state index in [1.54, 1.807) is 7.11 Å². The molecule has 1 aliphatic rings. The Labute approximate surface area is 104 Å². The van der Waals surface area contributed by atoms with Crippen molar-refractivity contribution < 1.29 is 9.57 Å². The fraction of sp³-hybridized carbons (Fsp3) is 0.500. The second-order valence-electron chi connectivity index (χ2n) is 4.04. The zero-order valence-corrected chi connectivity index (χ0v) is 10.9. The van der Waals surface area contributed by atoms with Crippen LogP contribution in [0.15, 0.2) is 22.7 Å². The minimum Gasteiger partial charge on any atom is -0.492 e.